The number of likely N-dealkylation sites (N-methyl/N-ethyl adjacent to an activating group) is 1. The fraction of sp³-hybridized carbons (Fsp3) is 0.400. The molecule has 0 aliphatic carbocycles. The van der Waals surface area contributed by atoms with Gasteiger partial charge < -0.3 is 23.8 Å². The summed E-state index contributed by atoms with van der Waals surface area (Å²) in [4.78, 5) is 14.5. The first-order valence-corrected chi connectivity index (χ1v) is 10.5. The first-order valence-electron chi connectivity index (χ1n) is 10.5. The minimum absolute atomic E-state index is 0.0520. The minimum Gasteiger partial charge on any atom is -0.493 e. The van der Waals surface area contributed by atoms with E-state index in [1.54, 1.807) is 31.3 Å². The molecule has 0 bridgehead atoms. The van der Waals surface area contributed by atoms with E-state index in [2.05, 4.69) is 0 Å². The van der Waals surface area contributed by atoms with Crippen molar-refractivity contribution < 1.29 is 23.7 Å². The number of carbonyl (C=O) groups is 1. The molecular weight excluding hydrogens is 394 g/mol. The van der Waals surface area contributed by atoms with Gasteiger partial charge in [0, 0.05) is 19.2 Å². The van der Waals surface area contributed by atoms with E-state index in [0.29, 0.717) is 42.7 Å². The summed E-state index contributed by atoms with van der Waals surface area (Å²) in [5.74, 6) is 2.60. The van der Waals surface area contributed by atoms with Crippen LogP contribution in [0, 0.1) is 0 Å². The van der Waals surface area contributed by atoms with Gasteiger partial charge in [-0.2, -0.15) is 0 Å². The quantitative estimate of drug-likeness (QED) is 0.475. The van der Waals surface area contributed by atoms with E-state index in [-0.39, 0.29) is 12.0 Å². The number of methoxy groups -OCH3 is 2. The van der Waals surface area contributed by atoms with Crippen LogP contribution in [-0.4, -0.2) is 44.3 Å². The smallest absolute Gasteiger partial charge is 0.246 e. The van der Waals surface area contributed by atoms with Gasteiger partial charge in [-0.15, -0.1) is 0 Å². The Balaban J connectivity index is 2.11. The summed E-state index contributed by atoms with van der Waals surface area (Å²) in [6.45, 7) is 9.44. The number of hydrogen-bond donors (Lipinski definition) is 0. The van der Waals surface area contributed by atoms with Crippen LogP contribution >= 0.6 is 0 Å². The van der Waals surface area contributed by atoms with Crippen molar-refractivity contribution in [1.29, 1.82) is 0 Å². The zero-order valence-corrected chi connectivity index (χ0v) is 19.3. The second-order valence-electron chi connectivity index (χ2n) is 7.18. The molecule has 0 saturated carbocycles. The molecule has 31 heavy (non-hydrogen) atoms. The molecule has 0 aliphatic rings. The zero-order chi connectivity index (χ0) is 22.8. The van der Waals surface area contributed by atoms with Crippen LogP contribution in [0.2, 0.25) is 0 Å². The number of rotatable bonds is 11. The van der Waals surface area contributed by atoms with Gasteiger partial charge in [-0.05, 0) is 69.2 Å². The Hall–Kier alpha value is -3.15. The van der Waals surface area contributed by atoms with Crippen molar-refractivity contribution in [1.82, 2.24) is 4.90 Å². The Morgan fingerprint density at radius 2 is 1.65 bits per heavy atom. The predicted molar refractivity (Wildman–Crippen MR) is 123 cm³/mol. The van der Waals surface area contributed by atoms with Crippen molar-refractivity contribution >= 4 is 12.0 Å². The summed E-state index contributed by atoms with van der Waals surface area (Å²) in [6, 6.07) is 11.3. The third-order valence-electron chi connectivity index (χ3n) is 4.56. The first kappa shape index (κ1) is 24.1. The van der Waals surface area contributed by atoms with Crippen LogP contribution in [0.15, 0.2) is 42.5 Å². The Labute approximate surface area is 185 Å². The Kier molecular flexibility index (Phi) is 9.25. The highest BCUT2D eigenvalue weighted by molar-refractivity contribution is 5.91. The van der Waals surface area contributed by atoms with Crippen LogP contribution in [0.25, 0.3) is 6.08 Å². The molecule has 0 N–H and O–H groups in total. The lowest BCUT2D eigenvalue weighted by molar-refractivity contribution is -0.126. The summed E-state index contributed by atoms with van der Waals surface area (Å²) in [6.07, 6.45) is 3.41. The topological polar surface area (TPSA) is 57.2 Å². The van der Waals surface area contributed by atoms with Crippen LogP contribution in [0.3, 0.4) is 0 Å². The predicted octanol–water partition coefficient (Wildman–Crippen LogP) is 4.95. The number of amides is 1. The molecule has 0 spiro atoms. The van der Waals surface area contributed by atoms with E-state index >= 15 is 0 Å². The fourth-order valence-electron chi connectivity index (χ4n) is 3.06. The van der Waals surface area contributed by atoms with Crippen molar-refractivity contribution in [3.63, 3.8) is 0 Å². The van der Waals surface area contributed by atoms with Crippen LogP contribution in [-0.2, 0) is 11.3 Å². The molecule has 0 radical (unpaired) electrons. The fourth-order valence-corrected chi connectivity index (χ4v) is 3.06. The molecule has 2 rings (SSSR count). The van der Waals surface area contributed by atoms with Gasteiger partial charge in [0.1, 0.15) is 0 Å². The summed E-state index contributed by atoms with van der Waals surface area (Å²) >= 11 is 0. The van der Waals surface area contributed by atoms with Gasteiger partial charge in [0.25, 0.3) is 0 Å². The van der Waals surface area contributed by atoms with Gasteiger partial charge in [-0.25, -0.2) is 0 Å². The molecule has 0 aromatic heterocycles. The maximum absolute atomic E-state index is 12.8. The summed E-state index contributed by atoms with van der Waals surface area (Å²) in [7, 11) is 3.21. The molecule has 0 atom stereocenters. The molecule has 2 aromatic rings. The molecule has 6 nitrogen and oxygen atoms in total. The Bertz CT molecular complexity index is 891. The SMILES string of the molecule is CCOc1ccc(CN(CC)C(=O)/C=C/c2ccc(OC(C)C)c(OC)c2)cc1OC. The van der Waals surface area contributed by atoms with Gasteiger partial charge in [0.2, 0.25) is 5.91 Å². The highest BCUT2D eigenvalue weighted by Crippen LogP contribution is 2.30. The monoisotopic (exact) mass is 427 g/mol. The number of ether oxygens (including phenoxy) is 4. The molecule has 0 fully saturated rings. The van der Waals surface area contributed by atoms with Crippen LogP contribution in [0.5, 0.6) is 23.0 Å². The lowest BCUT2D eigenvalue weighted by Gasteiger charge is -2.20. The van der Waals surface area contributed by atoms with Gasteiger partial charge in [0.15, 0.2) is 23.0 Å². The molecule has 0 aliphatic heterocycles. The average molecular weight is 428 g/mol. The second-order valence-corrected chi connectivity index (χ2v) is 7.18. The van der Waals surface area contributed by atoms with Crippen molar-refractivity contribution in [3.05, 3.63) is 53.6 Å². The van der Waals surface area contributed by atoms with Gasteiger partial charge in [0.05, 0.1) is 26.9 Å². The lowest BCUT2D eigenvalue weighted by atomic mass is 10.1. The minimum atomic E-state index is -0.0724. The molecule has 168 valence electrons. The first-order chi connectivity index (χ1) is 14.9. The van der Waals surface area contributed by atoms with Crippen molar-refractivity contribution in [2.45, 2.75) is 40.3 Å². The van der Waals surface area contributed by atoms with Gasteiger partial charge >= 0.3 is 0 Å². The van der Waals surface area contributed by atoms with Crippen LogP contribution < -0.4 is 18.9 Å². The molecule has 1 amide bonds. The number of carbonyl (C=O) groups excluding carboxylic acids is 1. The standard InChI is InChI=1S/C25H33NO5/c1-7-26(17-20-10-12-21(30-8-2)23(16-20)28-5)25(27)14-11-19-9-13-22(31-18(3)4)24(15-19)29-6/h9-16,18H,7-8,17H2,1-6H3/b14-11+. The van der Waals surface area contributed by atoms with Crippen LogP contribution in [0.1, 0.15) is 38.8 Å². The number of nitrogens with zero attached hydrogens (tertiary/aromatic N) is 1. The van der Waals surface area contributed by atoms with Crippen molar-refractivity contribution in [2.75, 3.05) is 27.4 Å². The maximum atomic E-state index is 12.8. The molecule has 2 aromatic carbocycles. The van der Waals surface area contributed by atoms with Crippen molar-refractivity contribution in [2.24, 2.45) is 0 Å². The highest BCUT2D eigenvalue weighted by Gasteiger charge is 2.12. The third kappa shape index (κ3) is 6.95. The number of benzene rings is 2. The lowest BCUT2D eigenvalue weighted by Crippen LogP contribution is -2.28. The maximum Gasteiger partial charge on any atom is 0.246 e. The largest absolute Gasteiger partial charge is 0.493 e. The number of hydrogen-bond acceptors (Lipinski definition) is 5. The van der Waals surface area contributed by atoms with E-state index in [0.717, 1.165) is 11.1 Å². The Morgan fingerprint density at radius 3 is 2.26 bits per heavy atom. The van der Waals surface area contributed by atoms with Crippen molar-refractivity contribution in [3.8, 4) is 23.0 Å². The van der Waals surface area contributed by atoms with E-state index < -0.39 is 0 Å². The normalized spacial score (nSPS) is 10.9. The molecule has 0 heterocycles. The molecule has 0 saturated heterocycles. The molecular formula is C25H33NO5. The summed E-state index contributed by atoms with van der Waals surface area (Å²) < 4.78 is 22.1. The van der Waals surface area contributed by atoms with E-state index in [4.69, 9.17) is 18.9 Å². The second kappa shape index (κ2) is 11.9. The van der Waals surface area contributed by atoms with E-state index in [9.17, 15) is 4.79 Å². The van der Waals surface area contributed by atoms with Gasteiger partial charge in [-0.3, -0.25) is 4.79 Å². The van der Waals surface area contributed by atoms with E-state index in [1.165, 1.54) is 0 Å². The van der Waals surface area contributed by atoms with E-state index in [1.807, 2.05) is 64.1 Å². The average Bonchev–Trinajstić information content (AvgIpc) is 2.77. The summed E-state index contributed by atoms with van der Waals surface area (Å²) in [5, 5.41) is 0. The Morgan fingerprint density at radius 1 is 0.968 bits per heavy atom. The summed E-state index contributed by atoms with van der Waals surface area (Å²) in [5.41, 5.74) is 1.83. The third-order valence-corrected chi connectivity index (χ3v) is 4.56. The molecule has 0 unspecified atom stereocenters. The van der Waals surface area contributed by atoms with Gasteiger partial charge in [-0.1, -0.05) is 12.1 Å². The zero-order valence-electron chi connectivity index (χ0n) is 19.3. The highest BCUT2D eigenvalue weighted by atomic mass is 16.5. The van der Waals surface area contributed by atoms with Crippen LogP contribution in [0.4, 0.5) is 0 Å². The molecule has 6 heteroatoms.